The van der Waals surface area contributed by atoms with Crippen LogP contribution in [-0.2, 0) is 0 Å². The predicted octanol–water partition coefficient (Wildman–Crippen LogP) is 1.70. The molecule has 0 radical (unpaired) electrons. The summed E-state index contributed by atoms with van der Waals surface area (Å²) in [6.07, 6.45) is 7.23. The Morgan fingerprint density at radius 2 is 2.44 bits per heavy atom. The number of hydrogen-bond donors (Lipinski definition) is 1. The summed E-state index contributed by atoms with van der Waals surface area (Å²) < 4.78 is 0. The molecule has 1 heteroatoms. The number of piperidine rings is 1. The average Bonchev–Trinajstić information content (AvgIpc) is 1.91. The van der Waals surface area contributed by atoms with Gasteiger partial charge in [0.25, 0.3) is 0 Å². The third-order valence-corrected chi connectivity index (χ3v) is 1.86. The van der Waals surface area contributed by atoms with Crippen LogP contribution in [0.4, 0.5) is 0 Å². The van der Waals surface area contributed by atoms with E-state index in [4.69, 9.17) is 0 Å². The molecule has 0 amide bonds. The van der Waals surface area contributed by atoms with Crippen LogP contribution < -0.4 is 5.32 Å². The molecule has 1 aliphatic heterocycles. The van der Waals surface area contributed by atoms with E-state index in [-0.39, 0.29) is 0 Å². The van der Waals surface area contributed by atoms with E-state index in [9.17, 15) is 0 Å². The Morgan fingerprint density at radius 1 is 1.56 bits per heavy atom. The highest BCUT2D eigenvalue weighted by Gasteiger charge is 2.09. The lowest BCUT2D eigenvalue weighted by molar-refractivity contribution is 0.404. The molecule has 0 aromatic carbocycles. The van der Waals surface area contributed by atoms with Crippen LogP contribution in [0.1, 0.15) is 25.7 Å². The molecule has 0 aromatic heterocycles. The lowest BCUT2D eigenvalue weighted by Crippen LogP contribution is -2.33. The van der Waals surface area contributed by atoms with E-state index < -0.39 is 0 Å². The van der Waals surface area contributed by atoms with Gasteiger partial charge in [-0.05, 0) is 25.8 Å². The third-order valence-electron chi connectivity index (χ3n) is 1.86. The molecule has 0 saturated carbocycles. The van der Waals surface area contributed by atoms with Gasteiger partial charge in [0.15, 0.2) is 0 Å². The maximum absolute atomic E-state index is 3.71. The summed E-state index contributed by atoms with van der Waals surface area (Å²) in [5.41, 5.74) is 0. The van der Waals surface area contributed by atoms with Crippen LogP contribution in [0, 0.1) is 0 Å². The molecule has 1 rings (SSSR count). The van der Waals surface area contributed by atoms with Crippen molar-refractivity contribution in [3.63, 3.8) is 0 Å². The molecule has 1 N–H and O–H groups in total. The Kier molecular flexibility index (Phi) is 2.78. The zero-order valence-corrected chi connectivity index (χ0v) is 5.90. The summed E-state index contributed by atoms with van der Waals surface area (Å²) in [6, 6.07) is 0.733. The summed E-state index contributed by atoms with van der Waals surface area (Å²) in [7, 11) is 0. The van der Waals surface area contributed by atoms with Crippen molar-refractivity contribution < 1.29 is 0 Å². The summed E-state index contributed by atoms with van der Waals surface area (Å²) in [4.78, 5) is 0. The molecular weight excluding hydrogens is 110 g/mol. The quantitative estimate of drug-likeness (QED) is 0.554. The Hall–Kier alpha value is -0.300. The maximum Gasteiger partial charge on any atom is 0.0101 e. The fourth-order valence-corrected chi connectivity index (χ4v) is 1.33. The second-order valence-corrected chi connectivity index (χ2v) is 2.67. The summed E-state index contributed by atoms with van der Waals surface area (Å²) in [5.74, 6) is 0. The first-order valence-corrected chi connectivity index (χ1v) is 3.78. The van der Waals surface area contributed by atoms with Crippen LogP contribution in [0.5, 0.6) is 0 Å². The molecule has 1 aliphatic rings. The van der Waals surface area contributed by atoms with Gasteiger partial charge in [-0.3, -0.25) is 0 Å². The number of rotatable bonds is 2. The monoisotopic (exact) mass is 125 g/mol. The van der Waals surface area contributed by atoms with Gasteiger partial charge in [-0.2, -0.15) is 0 Å². The standard InChI is InChI=1S/C8H15N/c1-2-5-8-6-3-4-7-9-8/h2,8-9H,1,3-7H2/t8-/m0/s1. The summed E-state index contributed by atoms with van der Waals surface area (Å²) in [6.45, 7) is 4.92. The van der Waals surface area contributed by atoms with Crippen LogP contribution in [0.15, 0.2) is 12.7 Å². The zero-order valence-electron chi connectivity index (χ0n) is 5.90. The van der Waals surface area contributed by atoms with E-state index in [0.717, 1.165) is 12.5 Å². The van der Waals surface area contributed by atoms with Crippen molar-refractivity contribution in [1.29, 1.82) is 0 Å². The molecule has 0 aliphatic carbocycles. The average molecular weight is 125 g/mol. The Bertz CT molecular complexity index is 82.6. The molecule has 0 bridgehead atoms. The van der Waals surface area contributed by atoms with Crippen molar-refractivity contribution in [2.24, 2.45) is 0 Å². The minimum absolute atomic E-state index is 0.733. The van der Waals surface area contributed by atoms with Gasteiger partial charge in [-0.1, -0.05) is 12.5 Å². The fraction of sp³-hybridized carbons (Fsp3) is 0.750. The molecule has 0 unspecified atom stereocenters. The summed E-state index contributed by atoms with van der Waals surface area (Å²) >= 11 is 0. The molecule has 1 nitrogen and oxygen atoms in total. The van der Waals surface area contributed by atoms with Crippen LogP contribution in [0.2, 0.25) is 0 Å². The minimum atomic E-state index is 0.733. The molecular formula is C8H15N. The molecule has 1 heterocycles. The minimum Gasteiger partial charge on any atom is -0.314 e. The van der Waals surface area contributed by atoms with Crippen LogP contribution in [0.25, 0.3) is 0 Å². The molecule has 0 spiro atoms. The first-order valence-electron chi connectivity index (χ1n) is 3.78. The van der Waals surface area contributed by atoms with E-state index >= 15 is 0 Å². The van der Waals surface area contributed by atoms with Crippen LogP contribution in [-0.4, -0.2) is 12.6 Å². The molecule has 52 valence electrons. The molecule has 1 fully saturated rings. The number of nitrogens with one attached hydrogen (secondary N) is 1. The predicted molar refractivity (Wildman–Crippen MR) is 40.5 cm³/mol. The van der Waals surface area contributed by atoms with Crippen molar-refractivity contribution in [2.45, 2.75) is 31.7 Å². The normalized spacial score (nSPS) is 27.8. The third kappa shape index (κ3) is 2.19. The van der Waals surface area contributed by atoms with Gasteiger partial charge in [0, 0.05) is 6.04 Å². The van der Waals surface area contributed by atoms with E-state index in [0.29, 0.717) is 0 Å². The Morgan fingerprint density at radius 3 is 3.00 bits per heavy atom. The van der Waals surface area contributed by atoms with Crippen molar-refractivity contribution in [3.05, 3.63) is 12.7 Å². The second-order valence-electron chi connectivity index (χ2n) is 2.67. The molecule has 9 heavy (non-hydrogen) atoms. The van der Waals surface area contributed by atoms with E-state index in [1.807, 2.05) is 6.08 Å². The smallest absolute Gasteiger partial charge is 0.0101 e. The Balaban J connectivity index is 2.15. The molecule has 1 atom stereocenters. The van der Waals surface area contributed by atoms with Crippen molar-refractivity contribution in [1.82, 2.24) is 5.32 Å². The molecule has 1 saturated heterocycles. The topological polar surface area (TPSA) is 12.0 Å². The lowest BCUT2D eigenvalue weighted by atomic mass is 10.0. The summed E-state index contributed by atoms with van der Waals surface area (Å²) in [5, 5.41) is 3.45. The van der Waals surface area contributed by atoms with E-state index in [1.165, 1.54) is 25.8 Å². The van der Waals surface area contributed by atoms with Crippen LogP contribution >= 0.6 is 0 Å². The van der Waals surface area contributed by atoms with Gasteiger partial charge in [-0.25, -0.2) is 0 Å². The maximum atomic E-state index is 3.71. The highest BCUT2D eigenvalue weighted by atomic mass is 14.9. The second kappa shape index (κ2) is 3.67. The first-order chi connectivity index (χ1) is 4.43. The van der Waals surface area contributed by atoms with Crippen molar-refractivity contribution >= 4 is 0 Å². The zero-order chi connectivity index (χ0) is 6.53. The van der Waals surface area contributed by atoms with E-state index in [2.05, 4.69) is 11.9 Å². The van der Waals surface area contributed by atoms with Gasteiger partial charge in [-0.15, -0.1) is 6.58 Å². The SMILES string of the molecule is C=CC[C@H]1CCCCN1. The van der Waals surface area contributed by atoms with Gasteiger partial charge in [0.05, 0.1) is 0 Å². The van der Waals surface area contributed by atoms with Crippen molar-refractivity contribution in [2.75, 3.05) is 6.54 Å². The van der Waals surface area contributed by atoms with E-state index in [1.54, 1.807) is 0 Å². The highest BCUT2D eigenvalue weighted by molar-refractivity contribution is 4.80. The van der Waals surface area contributed by atoms with Gasteiger partial charge in [0.2, 0.25) is 0 Å². The first kappa shape index (κ1) is 6.81. The van der Waals surface area contributed by atoms with Gasteiger partial charge in [0.1, 0.15) is 0 Å². The van der Waals surface area contributed by atoms with Crippen LogP contribution in [0.3, 0.4) is 0 Å². The van der Waals surface area contributed by atoms with Gasteiger partial charge < -0.3 is 5.32 Å². The van der Waals surface area contributed by atoms with Crippen molar-refractivity contribution in [3.8, 4) is 0 Å². The fourth-order valence-electron chi connectivity index (χ4n) is 1.33. The Labute approximate surface area is 57.1 Å². The van der Waals surface area contributed by atoms with Gasteiger partial charge >= 0.3 is 0 Å². The molecule has 0 aromatic rings. The largest absolute Gasteiger partial charge is 0.314 e. The lowest BCUT2D eigenvalue weighted by Gasteiger charge is -2.21. The highest BCUT2D eigenvalue weighted by Crippen LogP contribution is 2.09. The number of hydrogen-bond acceptors (Lipinski definition) is 1.